The molecule has 0 aliphatic carbocycles. The summed E-state index contributed by atoms with van der Waals surface area (Å²) in [4.78, 5) is 12.0. The lowest BCUT2D eigenvalue weighted by atomic mass is 10.0. The summed E-state index contributed by atoms with van der Waals surface area (Å²) >= 11 is 0. The van der Waals surface area contributed by atoms with Crippen molar-refractivity contribution in [2.75, 3.05) is 10.0 Å². The van der Waals surface area contributed by atoms with E-state index in [1.54, 1.807) is 48.5 Å². The van der Waals surface area contributed by atoms with Crippen molar-refractivity contribution >= 4 is 38.1 Å². The Labute approximate surface area is 170 Å². The van der Waals surface area contributed by atoms with Crippen LogP contribution < -0.4 is 10.0 Å². The van der Waals surface area contributed by atoms with Crippen molar-refractivity contribution < 1.29 is 18.3 Å². The van der Waals surface area contributed by atoms with Crippen LogP contribution in [0.2, 0.25) is 0 Å². The number of benzene rings is 3. The van der Waals surface area contributed by atoms with Crippen molar-refractivity contribution in [1.29, 1.82) is 0 Å². The number of fused-ring (bicyclic) bond motifs is 1. The van der Waals surface area contributed by atoms with Crippen molar-refractivity contribution in [3.8, 4) is 0 Å². The number of sulfonamides is 1. The van der Waals surface area contributed by atoms with Gasteiger partial charge in [0.15, 0.2) is 0 Å². The highest BCUT2D eigenvalue weighted by Crippen LogP contribution is 2.30. The van der Waals surface area contributed by atoms with Gasteiger partial charge in [-0.3, -0.25) is 4.72 Å². The van der Waals surface area contributed by atoms with Crippen LogP contribution in [-0.2, 0) is 10.0 Å². The Morgan fingerprint density at radius 1 is 0.897 bits per heavy atom. The molecule has 6 nitrogen and oxygen atoms in total. The molecule has 3 aromatic rings. The molecule has 0 amide bonds. The quantitative estimate of drug-likeness (QED) is 0.518. The molecule has 1 atom stereocenters. The summed E-state index contributed by atoms with van der Waals surface area (Å²) in [5.74, 6) is -0.892. The van der Waals surface area contributed by atoms with E-state index in [0.29, 0.717) is 17.0 Å². The highest BCUT2D eigenvalue weighted by molar-refractivity contribution is 7.92. The van der Waals surface area contributed by atoms with Crippen LogP contribution in [0.3, 0.4) is 0 Å². The highest BCUT2D eigenvalue weighted by Gasteiger charge is 2.23. The molecule has 0 saturated carbocycles. The maximum atomic E-state index is 13.1. The SMILES string of the molecule is CC(C)C(C)Nc1ccccc1S(=O)(=O)Nc1ccc2ccccc2c1C(=O)O. The zero-order valence-electron chi connectivity index (χ0n) is 16.5. The summed E-state index contributed by atoms with van der Waals surface area (Å²) in [6.07, 6.45) is 0. The molecule has 0 spiro atoms. The second-order valence-corrected chi connectivity index (χ2v) is 8.94. The van der Waals surface area contributed by atoms with Gasteiger partial charge in [0.1, 0.15) is 4.90 Å². The average Bonchev–Trinajstić information content (AvgIpc) is 2.67. The summed E-state index contributed by atoms with van der Waals surface area (Å²) in [5, 5.41) is 14.1. The van der Waals surface area contributed by atoms with Gasteiger partial charge in [0.05, 0.1) is 16.9 Å². The number of carbonyl (C=O) groups is 1. The van der Waals surface area contributed by atoms with Gasteiger partial charge in [-0.1, -0.05) is 56.3 Å². The summed E-state index contributed by atoms with van der Waals surface area (Å²) in [6, 6.07) is 16.8. The third-order valence-corrected chi connectivity index (χ3v) is 6.37. The summed E-state index contributed by atoms with van der Waals surface area (Å²) in [6.45, 7) is 6.07. The maximum Gasteiger partial charge on any atom is 0.338 e. The Balaban J connectivity index is 2.05. The first-order chi connectivity index (χ1) is 13.7. The number of nitrogens with one attached hydrogen (secondary N) is 2. The molecule has 7 heteroatoms. The number of hydrogen-bond donors (Lipinski definition) is 3. The lowest BCUT2D eigenvalue weighted by molar-refractivity contribution is 0.0700. The Morgan fingerprint density at radius 2 is 1.55 bits per heavy atom. The van der Waals surface area contributed by atoms with E-state index in [1.807, 2.05) is 20.8 Å². The van der Waals surface area contributed by atoms with Gasteiger partial charge in [-0.05, 0) is 41.8 Å². The number of para-hydroxylation sites is 1. The minimum Gasteiger partial charge on any atom is -0.478 e. The molecular formula is C22H24N2O4S. The number of rotatable bonds is 7. The van der Waals surface area contributed by atoms with Gasteiger partial charge in [0, 0.05) is 6.04 Å². The van der Waals surface area contributed by atoms with Crippen LogP contribution >= 0.6 is 0 Å². The number of carboxylic acids is 1. The van der Waals surface area contributed by atoms with E-state index >= 15 is 0 Å². The van der Waals surface area contributed by atoms with Crippen molar-refractivity contribution in [1.82, 2.24) is 0 Å². The normalized spacial score (nSPS) is 12.7. The molecule has 0 fully saturated rings. The fourth-order valence-corrected chi connectivity index (χ4v) is 4.26. The zero-order chi connectivity index (χ0) is 21.2. The van der Waals surface area contributed by atoms with Crippen LogP contribution in [0.1, 0.15) is 31.1 Å². The fraction of sp³-hybridized carbons (Fsp3) is 0.227. The van der Waals surface area contributed by atoms with Gasteiger partial charge in [0.2, 0.25) is 0 Å². The largest absolute Gasteiger partial charge is 0.478 e. The van der Waals surface area contributed by atoms with Crippen LogP contribution in [0.15, 0.2) is 65.6 Å². The Morgan fingerprint density at radius 3 is 2.24 bits per heavy atom. The first-order valence-corrected chi connectivity index (χ1v) is 10.8. The molecule has 0 saturated heterocycles. The highest BCUT2D eigenvalue weighted by atomic mass is 32.2. The Bertz CT molecular complexity index is 1160. The van der Waals surface area contributed by atoms with E-state index in [1.165, 1.54) is 12.1 Å². The van der Waals surface area contributed by atoms with Crippen LogP contribution in [0, 0.1) is 5.92 Å². The van der Waals surface area contributed by atoms with E-state index in [4.69, 9.17) is 0 Å². The lowest BCUT2D eigenvalue weighted by Gasteiger charge is -2.21. The summed E-state index contributed by atoms with van der Waals surface area (Å²) in [5.41, 5.74) is 0.425. The van der Waals surface area contributed by atoms with E-state index < -0.39 is 16.0 Å². The Hall–Kier alpha value is -3.06. The van der Waals surface area contributed by atoms with Gasteiger partial charge in [0.25, 0.3) is 10.0 Å². The van der Waals surface area contributed by atoms with Crippen LogP contribution in [-0.4, -0.2) is 25.5 Å². The van der Waals surface area contributed by atoms with Crippen LogP contribution in [0.4, 0.5) is 11.4 Å². The molecule has 3 rings (SSSR count). The molecule has 0 aliphatic heterocycles. The number of aromatic carboxylic acids is 1. The average molecular weight is 413 g/mol. The smallest absolute Gasteiger partial charge is 0.338 e. The monoisotopic (exact) mass is 412 g/mol. The Kier molecular flexibility index (Phi) is 5.79. The molecule has 0 heterocycles. The van der Waals surface area contributed by atoms with E-state index in [9.17, 15) is 18.3 Å². The molecule has 3 N–H and O–H groups in total. The van der Waals surface area contributed by atoms with Gasteiger partial charge < -0.3 is 10.4 Å². The first kappa shape index (κ1) is 20.7. The number of carboxylic acid groups (broad SMARTS) is 1. The van der Waals surface area contributed by atoms with E-state index in [-0.39, 0.29) is 22.2 Å². The van der Waals surface area contributed by atoms with Gasteiger partial charge in [-0.25, -0.2) is 13.2 Å². The molecule has 3 aromatic carbocycles. The number of hydrogen-bond acceptors (Lipinski definition) is 4. The van der Waals surface area contributed by atoms with E-state index in [0.717, 1.165) is 5.39 Å². The zero-order valence-corrected chi connectivity index (χ0v) is 17.3. The number of anilines is 2. The third kappa shape index (κ3) is 4.35. The lowest BCUT2D eigenvalue weighted by Crippen LogP contribution is -2.24. The predicted octanol–water partition coefficient (Wildman–Crippen LogP) is 4.80. The predicted molar refractivity (Wildman–Crippen MR) is 116 cm³/mol. The van der Waals surface area contributed by atoms with Crippen LogP contribution in [0.25, 0.3) is 10.8 Å². The molecule has 29 heavy (non-hydrogen) atoms. The molecule has 1 unspecified atom stereocenters. The van der Waals surface area contributed by atoms with Crippen molar-refractivity contribution in [2.45, 2.75) is 31.7 Å². The molecule has 0 aromatic heterocycles. The topological polar surface area (TPSA) is 95.5 Å². The minimum absolute atomic E-state index is 0.0305. The van der Waals surface area contributed by atoms with Crippen molar-refractivity contribution in [2.24, 2.45) is 5.92 Å². The molecular weight excluding hydrogens is 388 g/mol. The summed E-state index contributed by atoms with van der Waals surface area (Å²) < 4.78 is 28.8. The van der Waals surface area contributed by atoms with Gasteiger partial charge >= 0.3 is 5.97 Å². The van der Waals surface area contributed by atoms with Crippen molar-refractivity contribution in [3.63, 3.8) is 0 Å². The van der Waals surface area contributed by atoms with Gasteiger partial charge in [-0.2, -0.15) is 0 Å². The molecule has 152 valence electrons. The maximum absolute atomic E-state index is 13.1. The first-order valence-electron chi connectivity index (χ1n) is 9.34. The fourth-order valence-electron chi connectivity index (χ4n) is 3.02. The molecule has 0 aliphatic rings. The minimum atomic E-state index is -4.02. The molecule has 0 bridgehead atoms. The third-order valence-electron chi connectivity index (χ3n) is 4.95. The second-order valence-electron chi connectivity index (χ2n) is 7.29. The van der Waals surface area contributed by atoms with Gasteiger partial charge in [-0.15, -0.1) is 0 Å². The van der Waals surface area contributed by atoms with Crippen LogP contribution in [0.5, 0.6) is 0 Å². The second kappa shape index (κ2) is 8.13. The standard InChI is InChI=1S/C22H24N2O4S/c1-14(2)15(3)23-18-10-6-7-11-20(18)29(27,28)24-19-13-12-16-8-4-5-9-17(16)21(19)22(25)26/h4-15,23-24H,1-3H3,(H,25,26). The van der Waals surface area contributed by atoms with Crippen molar-refractivity contribution in [3.05, 3.63) is 66.2 Å². The summed E-state index contributed by atoms with van der Waals surface area (Å²) in [7, 11) is -4.02. The van der Waals surface area contributed by atoms with E-state index in [2.05, 4.69) is 10.0 Å². The molecule has 0 radical (unpaired) electrons.